The van der Waals surface area contributed by atoms with Crippen molar-refractivity contribution in [2.45, 2.75) is 0 Å². The van der Waals surface area contributed by atoms with E-state index >= 15 is 0 Å². The molecule has 0 bridgehead atoms. The van der Waals surface area contributed by atoms with E-state index in [0.29, 0.717) is 10.9 Å². The summed E-state index contributed by atoms with van der Waals surface area (Å²) in [5.74, 6) is -0.610. The van der Waals surface area contributed by atoms with Gasteiger partial charge in [0.25, 0.3) is 0 Å². The van der Waals surface area contributed by atoms with Crippen molar-refractivity contribution >= 4 is 51.5 Å². The Kier molecular flexibility index (Phi) is 3.76. The summed E-state index contributed by atoms with van der Waals surface area (Å²) >= 11 is 16.5. The van der Waals surface area contributed by atoms with Gasteiger partial charge in [-0.05, 0) is 12.1 Å². The number of pyridine rings is 1. The van der Waals surface area contributed by atoms with Crippen molar-refractivity contribution in [2.75, 3.05) is 0 Å². The number of aromatic nitrogens is 1. The van der Waals surface area contributed by atoms with Gasteiger partial charge < -0.3 is 5.11 Å². The molecule has 1 aromatic carbocycles. The quantitative estimate of drug-likeness (QED) is 0.673. The SMILES string of the molecule is O=C(C(Cl)=C(Cl)Cl)c1ccc2cccc(O)c2n1. The molecule has 0 aliphatic heterocycles. The van der Waals surface area contributed by atoms with Crippen LogP contribution < -0.4 is 0 Å². The molecule has 18 heavy (non-hydrogen) atoms. The number of halogens is 3. The van der Waals surface area contributed by atoms with Crippen molar-refractivity contribution in [1.82, 2.24) is 4.98 Å². The zero-order valence-corrected chi connectivity index (χ0v) is 11.1. The first-order valence-electron chi connectivity index (χ1n) is 4.85. The van der Waals surface area contributed by atoms with E-state index in [0.717, 1.165) is 0 Å². The molecule has 6 heteroatoms. The molecule has 0 atom stereocenters. The van der Waals surface area contributed by atoms with Gasteiger partial charge in [0.1, 0.15) is 26.5 Å². The fraction of sp³-hybridized carbons (Fsp3) is 0. The number of nitrogens with zero attached hydrogens (tertiary/aromatic N) is 1. The summed E-state index contributed by atoms with van der Waals surface area (Å²) in [6.07, 6.45) is 0. The van der Waals surface area contributed by atoms with Crippen molar-refractivity contribution in [2.24, 2.45) is 0 Å². The first kappa shape index (κ1) is 13.1. The molecular formula is C12H6Cl3NO2. The number of para-hydroxylation sites is 1. The Bertz CT molecular complexity index is 663. The molecule has 2 rings (SSSR count). The van der Waals surface area contributed by atoms with E-state index in [-0.39, 0.29) is 21.0 Å². The summed E-state index contributed by atoms with van der Waals surface area (Å²) in [5.41, 5.74) is 0.381. The third-order valence-corrected chi connectivity index (χ3v) is 3.23. The number of hydrogen-bond acceptors (Lipinski definition) is 3. The maximum Gasteiger partial charge on any atom is 0.225 e. The van der Waals surface area contributed by atoms with Crippen LogP contribution in [0.25, 0.3) is 10.9 Å². The number of rotatable bonds is 2. The van der Waals surface area contributed by atoms with Crippen molar-refractivity contribution in [3.63, 3.8) is 0 Å². The van der Waals surface area contributed by atoms with Gasteiger partial charge in [0.2, 0.25) is 5.78 Å². The number of ketones is 1. The van der Waals surface area contributed by atoms with Crippen LogP contribution in [0.2, 0.25) is 0 Å². The molecule has 0 spiro atoms. The minimum absolute atomic E-state index is 0.0146. The van der Waals surface area contributed by atoms with Crippen LogP contribution in [0.1, 0.15) is 10.5 Å². The molecule has 1 N–H and O–H groups in total. The summed E-state index contributed by atoms with van der Waals surface area (Å²) in [6.45, 7) is 0. The van der Waals surface area contributed by atoms with Crippen molar-refractivity contribution in [1.29, 1.82) is 0 Å². The predicted molar refractivity (Wildman–Crippen MR) is 72.3 cm³/mol. The molecule has 0 fully saturated rings. The lowest BCUT2D eigenvalue weighted by Crippen LogP contribution is -2.02. The van der Waals surface area contributed by atoms with Gasteiger partial charge in [-0.15, -0.1) is 0 Å². The van der Waals surface area contributed by atoms with Crippen LogP contribution in [0.5, 0.6) is 5.75 Å². The van der Waals surface area contributed by atoms with Crippen LogP contribution >= 0.6 is 34.8 Å². The average Bonchev–Trinajstić information content (AvgIpc) is 2.37. The molecule has 1 aromatic heterocycles. The first-order valence-corrected chi connectivity index (χ1v) is 5.98. The second-order valence-electron chi connectivity index (χ2n) is 3.45. The monoisotopic (exact) mass is 301 g/mol. The number of phenols is 1. The summed E-state index contributed by atoms with van der Waals surface area (Å²) in [5, 5.41) is 10.1. The molecule has 0 unspecified atom stereocenters. The average molecular weight is 303 g/mol. The largest absolute Gasteiger partial charge is 0.506 e. The van der Waals surface area contributed by atoms with E-state index < -0.39 is 5.78 Å². The summed E-state index contributed by atoms with van der Waals surface area (Å²) in [4.78, 5) is 15.9. The highest BCUT2D eigenvalue weighted by atomic mass is 35.5. The molecule has 2 aromatic rings. The minimum atomic E-state index is -0.596. The molecule has 3 nitrogen and oxygen atoms in total. The van der Waals surface area contributed by atoms with E-state index in [1.807, 2.05) is 0 Å². The molecule has 0 radical (unpaired) electrons. The van der Waals surface area contributed by atoms with Gasteiger partial charge in [-0.25, -0.2) is 4.98 Å². The van der Waals surface area contributed by atoms with Gasteiger partial charge >= 0.3 is 0 Å². The van der Waals surface area contributed by atoms with E-state index in [4.69, 9.17) is 34.8 Å². The number of Topliss-reactive ketones (excluding diaryl/α,β-unsaturated/α-hetero) is 1. The number of benzene rings is 1. The molecule has 0 aliphatic rings. The Labute approximate surface area is 118 Å². The van der Waals surface area contributed by atoms with Crippen LogP contribution in [0.3, 0.4) is 0 Å². The van der Waals surface area contributed by atoms with Crippen LogP contribution in [-0.2, 0) is 0 Å². The van der Waals surface area contributed by atoms with Gasteiger partial charge in [0.15, 0.2) is 0 Å². The highest BCUT2D eigenvalue weighted by Crippen LogP contribution is 2.25. The fourth-order valence-corrected chi connectivity index (χ4v) is 1.72. The maximum atomic E-state index is 11.8. The Morgan fingerprint density at radius 2 is 1.83 bits per heavy atom. The number of phenolic OH excluding ortho intramolecular Hbond substituents is 1. The minimum Gasteiger partial charge on any atom is -0.506 e. The molecule has 92 valence electrons. The zero-order valence-electron chi connectivity index (χ0n) is 8.82. The van der Waals surface area contributed by atoms with Crippen molar-refractivity contribution in [3.8, 4) is 5.75 Å². The van der Waals surface area contributed by atoms with Crippen molar-refractivity contribution < 1.29 is 9.90 Å². The van der Waals surface area contributed by atoms with E-state index in [1.165, 1.54) is 12.1 Å². The summed E-state index contributed by atoms with van der Waals surface area (Å²) < 4.78 is -0.319. The van der Waals surface area contributed by atoms with E-state index in [1.54, 1.807) is 18.2 Å². The van der Waals surface area contributed by atoms with Gasteiger partial charge in [0, 0.05) is 5.39 Å². The molecule has 0 amide bonds. The number of allylic oxidation sites excluding steroid dienone is 1. The number of aromatic hydroxyl groups is 1. The predicted octanol–water partition coefficient (Wildman–Crippen LogP) is 4.01. The Morgan fingerprint density at radius 1 is 1.11 bits per heavy atom. The lowest BCUT2D eigenvalue weighted by molar-refractivity contribution is 0.103. The van der Waals surface area contributed by atoms with E-state index in [9.17, 15) is 9.90 Å². The van der Waals surface area contributed by atoms with Gasteiger partial charge in [-0.2, -0.15) is 0 Å². The number of fused-ring (bicyclic) bond motifs is 1. The topological polar surface area (TPSA) is 50.2 Å². The normalized spacial score (nSPS) is 10.4. The van der Waals surface area contributed by atoms with Crippen molar-refractivity contribution in [3.05, 3.63) is 45.5 Å². The fourth-order valence-electron chi connectivity index (χ4n) is 1.46. The van der Waals surface area contributed by atoms with Gasteiger partial charge in [-0.1, -0.05) is 53.0 Å². The molecular weight excluding hydrogens is 296 g/mol. The molecule has 0 saturated heterocycles. The van der Waals surface area contributed by atoms with Crippen LogP contribution in [0, 0.1) is 0 Å². The summed E-state index contributed by atoms with van der Waals surface area (Å²) in [7, 11) is 0. The van der Waals surface area contributed by atoms with Crippen LogP contribution in [0.4, 0.5) is 0 Å². The second kappa shape index (κ2) is 5.14. The highest BCUT2D eigenvalue weighted by molar-refractivity contribution is 6.63. The highest BCUT2D eigenvalue weighted by Gasteiger charge is 2.16. The number of carbonyl (C=O) groups excluding carboxylic acids is 1. The lowest BCUT2D eigenvalue weighted by Gasteiger charge is -2.03. The number of carbonyl (C=O) groups is 1. The summed E-state index contributed by atoms with van der Waals surface area (Å²) in [6, 6.07) is 8.08. The second-order valence-corrected chi connectivity index (χ2v) is 4.78. The zero-order chi connectivity index (χ0) is 13.3. The van der Waals surface area contributed by atoms with Gasteiger partial charge in [-0.3, -0.25) is 4.79 Å². The Hall–Kier alpha value is -1.29. The third kappa shape index (κ3) is 2.43. The standard InChI is InChI=1S/C12H6Cl3NO2/c13-9(12(14)15)11(18)7-5-4-6-2-1-3-8(17)10(6)16-7/h1-5,17H. The smallest absolute Gasteiger partial charge is 0.225 e. The molecule has 0 saturated carbocycles. The molecule has 1 heterocycles. The first-order chi connectivity index (χ1) is 8.50. The Balaban J connectivity index is 2.58. The third-order valence-electron chi connectivity index (χ3n) is 2.30. The van der Waals surface area contributed by atoms with Crippen LogP contribution in [-0.4, -0.2) is 15.9 Å². The molecule has 0 aliphatic carbocycles. The maximum absolute atomic E-state index is 11.8. The Morgan fingerprint density at radius 3 is 2.50 bits per heavy atom. The van der Waals surface area contributed by atoms with Crippen LogP contribution in [0.15, 0.2) is 39.9 Å². The van der Waals surface area contributed by atoms with E-state index in [2.05, 4.69) is 4.98 Å². The number of hydrogen-bond donors (Lipinski definition) is 1. The van der Waals surface area contributed by atoms with Gasteiger partial charge in [0.05, 0.1) is 0 Å². The lowest BCUT2D eigenvalue weighted by atomic mass is 10.1.